The number of sulfonamides is 1. The Bertz CT molecular complexity index is 774. The van der Waals surface area contributed by atoms with Crippen LogP contribution in [0.5, 0.6) is 0 Å². The minimum absolute atomic E-state index is 0.146. The molecule has 2 aromatic rings. The largest absolute Gasteiger partial charge is 0.372 e. The number of nitrogens with one attached hydrogen (secondary N) is 1. The fourth-order valence-electron chi connectivity index (χ4n) is 2.40. The molecule has 3 rings (SSSR count). The molecule has 0 amide bonds. The van der Waals surface area contributed by atoms with Crippen molar-refractivity contribution in [1.29, 1.82) is 0 Å². The Hall–Kier alpha value is -1.56. The normalized spacial score (nSPS) is 19.4. The molecule has 0 spiro atoms. The number of fused-ring (bicyclic) bond motifs is 2. The van der Waals surface area contributed by atoms with E-state index in [2.05, 4.69) is 4.72 Å². The van der Waals surface area contributed by atoms with Crippen molar-refractivity contribution >= 4 is 27.3 Å². The first-order valence-electron chi connectivity index (χ1n) is 5.97. The average Bonchev–Trinajstić information content (AvgIpc) is 2.51. The lowest BCUT2D eigenvalue weighted by Gasteiger charge is -2.17. The summed E-state index contributed by atoms with van der Waals surface area (Å²) in [5.74, 6) is 0. The zero-order valence-electron chi connectivity index (χ0n) is 10.6. The number of hydrogen-bond donors (Lipinski definition) is 1. The second-order valence-corrected chi connectivity index (χ2v) is 6.58. The van der Waals surface area contributed by atoms with Crippen molar-refractivity contribution in [1.82, 2.24) is 0 Å². The smallest absolute Gasteiger partial charge is 0.262 e. The van der Waals surface area contributed by atoms with Crippen LogP contribution in [0.25, 0.3) is 0 Å². The summed E-state index contributed by atoms with van der Waals surface area (Å²) in [6.45, 7) is 0. The van der Waals surface area contributed by atoms with E-state index in [9.17, 15) is 8.42 Å². The summed E-state index contributed by atoms with van der Waals surface area (Å²) < 4.78 is 33.0. The first-order chi connectivity index (χ1) is 9.53. The van der Waals surface area contributed by atoms with Gasteiger partial charge in [-0.1, -0.05) is 35.9 Å². The zero-order chi connectivity index (χ0) is 14.3. The standard InChI is InChI=1S/C14H12ClNO3S/c1-19-14-10-4-2-3-5-12(10)16-20(17,18)13-8-9(15)6-7-11(13)14/h2-8,14,16H,1H3. The maximum atomic E-state index is 12.4. The third kappa shape index (κ3) is 2.08. The molecule has 1 unspecified atom stereocenters. The van der Waals surface area contributed by atoms with Gasteiger partial charge in [-0.2, -0.15) is 0 Å². The van der Waals surface area contributed by atoms with Gasteiger partial charge < -0.3 is 4.74 Å². The summed E-state index contributed by atoms with van der Waals surface area (Å²) in [7, 11) is -2.12. The molecule has 20 heavy (non-hydrogen) atoms. The topological polar surface area (TPSA) is 55.4 Å². The molecule has 0 aromatic heterocycles. The van der Waals surface area contributed by atoms with Crippen LogP contribution in [0.1, 0.15) is 17.2 Å². The van der Waals surface area contributed by atoms with Crippen molar-refractivity contribution in [2.75, 3.05) is 11.8 Å². The monoisotopic (exact) mass is 309 g/mol. The van der Waals surface area contributed by atoms with Crippen LogP contribution in [-0.4, -0.2) is 15.5 Å². The molecule has 0 saturated carbocycles. The molecule has 1 atom stereocenters. The van der Waals surface area contributed by atoms with E-state index in [4.69, 9.17) is 16.3 Å². The molecular formula is C14H12ClNO3S. The van der Waals surface area contributed by atoms with Crippen LogP contribution in [0.3, 0.4) is 0 Å². The summed E-state index contributed by atoms with van der Waals surface area (Å²) >= 11 is 5.93. The van der Waals surface area contributed by atoms with Crippen LogP contribution >= 0.6 is 11.6 Å². The highest BCUT2D eigenvalue weighted by Gasteiger charge is 2.31. The number of rotatable bonds is 1. The maximum absolute atomic E-state index is 12.4. The third-order valence-corrected chi connectivity index (χ3v) is 4.93. The molecular weight excluding hydrogens is 298 g/mol. The molecule has 1 N–H and O–H groups in total. The van der Waals surface area contributed by atoms with E-state index >= 15 is 0 Å². The van der Waals surface area contributed by atoms with Gasteiger partial charge in [-0.15, -0.1) is 0 Å². The summed E-state index contributed by atoms with van der Waals surface area (Å²) in [5.41, 5.74) is 1.88. The predicted molar refractivity (Wildman–Crippen MR) is 77.6 cm³/mol. The molecule has 1 heterocycles. The number of ether oxygens (including phenoxy) is 1. The second-order valence-electron chi connectivity index (χ2n) is 4.49. The van der Waals surface area contributed by atoms with Crippen LogP contribution in [-0.2, 0) is 14.8 Å². The molecule has 104 valence electrons. The van der Waals surface area contributed by atoms with Crippen LogP contribution in [0, 0.1) is 0 Å². The van der Waals surface area contributed by atoms with Crippen LogP contribution < -0.4 is 4.72 Å². The highest BCUT2D eigenvalue weighted by atomic mass is 35.5. The Morgan fingerprint density at radius 2 is 1.90 bits per heavy atom. The minimum Gasteiger partial charge on any atom is -0.372 e. The Kier molecular flexibility index (Phi) is 3.20. The van der Waals surface area contributed by atoms with Crippen molar-refractivity contribution < 1.29 is 13.2 Å². The maximum Gasteiger partial charge on any atom is 0.262 e. The molecule has 4 nitrogen and oxygen atoms in total. The molecule has 0 fully saturated rings. The Balaban J connectivity index is 2.35. The first kappa shape index (κ1) is 13.4. The first-order valence-corrected chi connectivity index (χ1v) is 7.83. The van der Waals surface area contributed by atoms with Gasteiger partial charge in [0.15, 0.2) is 0 Å². The van der Waals surface area contributed by atoms with Crippen molar-refractivity contribution in [2.45, 2.75) is 11.0 Å². The molecule has 6 heteroatoms. The molecule has 0 bridgehead atoms. The number of para-hydroxylation sites is 1. The summed E-state index contributed by atoms with van der Waals surface area (Å²) in [4.78, 5) is 0.146. The Morgan fingerprint density at radius 1 is 1.15 bits per heavy atom. The van der Waals surface area contributed by atoms with E-state index < -0.39 is 16.1 Å². The molecule has 2 aromatic carbocycles. The van der Waals surface area contributed by atoms with Gasteiger partial charge >= 0.3 is 0 Å². The Morgan fingerprint density at radius 3 is 2.65 bits per heavy atom. The number of hydrogen-bond acceptors (Lipinski definition) is 3. The molecule has 1 aliphatic rings. The lowest BCUT2D eigenvalue weighted by atomic mass is 10.00. The molecule has 0 aliphatic carbocycles. The van der Waals surface area contributed by atoms with Crippen molar-refractivity contribution in [3.63, 3.8) is 0 Å². The van der Waals surface area contributed by atoms with Crippen LogP contribution in [0.4, 0.5) is 5.69 Å². The van der Waals surface area contributed by atoms with Gasteiger partial charge in [0.1, 0.15) is 6.10 Å². The summed E-state index contributed by atoms with van der Waals surface area (Å²) in [6.07, 6.45) is -0.455. The van der Waals surface area contributed by atoms with Gasteiger partial charge in [-0.3, -0.25) is 4.72 Å². The van der Waals surface area contributed by atoms with Gasteiger partial charge in [0.05, 0.1) is 10.6 Å². The number of anilines is 1. The van der Waals surface area contributed by atoms with Crippen molar-refractivity contribution in [3.05, 3.63) is 58.6 Å². The number of benzene rings is 2. The average molecular weight is 310 g/mol. The fourth-order valence-corrected chi connectivity index (χ4v) is 3.99. The molecule has 1 aliphatic heterocycles. The minimum atomic E-state index is -3.67. The van der Waals surface area contributed by atoms with E-state index in [0.29, 0.717) is 16.3 Å². The van der Waals surface area contributed by atoms with Crippen LogP contribution in [0.15, 0.2) is 47.4 Å². The van der Waals surface area contributed by atoms with E-state index in [1.807, 2.05) is 12.1 Å². The van der Waals surface area contributed by atoms with E-state index in [1.54, 1.807) is 31.4 Å². The molecule has 0 saturated heterocycles. The quantitative estimate of drug-likeness (QED) is 0.880. The van der Waals surface area contributed by atoms with E-state index in [1.165, 1.54) is 6.07 Å². The highest BCUT2D eigenvalue weighted by molar-refractivity contribution is 7.92. The van der Waals surface area contributed by atoms with E-state index in [-0.39, 0.29) is 4.90 Å². The second kappa shape index (κ2) is 4.77. The van der Waals surface area contributed by atoms with E-state index in [0.717, 1.165) is 5.56 Å². The van der Waals surface area contributed by atoms with Gasteiger partial charge in [0, 0.05) is 23.3 Å². The van der Waals surface area contributed by atoms with Crippen molar-refractivity contribution in [2.24, 2.45) is 0 Å². The van der Waals surface area contributed by atoms with Gasteiger partial charge in [0.2, 0.25) is 0 Å². The highest BCUT2D eigenvalue weighted by Crippen LogP contribution is 2.39. The SMILES string of the molecule is COC1c2ccccc2NS(=O)(=O)c2cc(Cl)ccc21. The van der Waals surface area contributed by atoms with Crippen LogP contribution in [0.2, 0.25) is 5.02 Å². The van der Waals surface area contributed by atoms with Gasteiger partial charge in [-0.05, 0) is 18.2 Å². The van der Waals surface area contributed by atoms with Crippen molar-refractivity contribution in [3.8, 4) is 0 Å². The molecule has 0 radical (unpaired) electrons. The van der Waals surface area contributed by atoms with Gasteiger partial charge in [0.25, 0.3) is 10.0 Å². The lowest BCUT2D eigenvalue weighted by Crippen LogP contribution is -2.13. The third-order valence-electron chi connectivity index (χ3n) is 3.27. The number of methoxy groups -OCH3 is 1. The number of halogens is 1. The fraction of sp³-hybridized carbons (Fsp3) is 0.143. The van der Waals surface area contributed by atoms with Gasteiger partial charge in [-0.25, -0.2) is 8.42 Å². The predicted octanol–water partition coefficient (Wildman–Crippen LogP) is 3.19. The Labute approximate surface area is 122 Å². The zero-order valence-corrected chi connectivity index (χ0v) is 12.2. The summed E-state index contributed by atoms with van der Waals surface area (Å²) in [5, 5.41) is 0.370. The summed E-state index contributed by atoms with van der Waals surface area (Å²) in [6, 6.07) is 12.0. The lowest BCUT2D eigenvalue weighted by molar-refractivity contribution is 0.135.